The maximum Gasteiger partial charge on any atom is 0.407 e. The Morgan fingerprint density at radius 2 is 2.10 bits per heavy atom. The number of carbonyl (C=O) groups excluding carboxylic acids is 1. The summed E-state index contributed by atoms with van der Waals surface area (Å²) in [5.41, 5.74) is 0.654. The van der Waals surface area contributed by atoms with E-state index in [0.29, 0.717) is 12.5 Å². The summed E-state index contributed by atoms with van der Waals surface area (Å²) in [7, 11) is 1.90. The van der Waals surface area contributed by atoms with Gasteiger partial charge < -0.3 is 15.4 Å². The Morgan fingerprint density at radius 3 is 2.57 bits per heavy atom. The lowest BCUT2D eigenvalue weighted by atomic mass is 10.0. The first kappa shape index (κ1) is 17.5. The first-order valence-electron chi connectivity index (χ1n) is 7.35. The molecular weight excluding hydrogens is 268 g/mol. The lowest BCUT2D eigenvalue weighted by Gasteiger charge is -2.24. The van der Waals surface area contributed by atoms with E-state index in [9.17, 15) is 4.79 Å². The molecule has 1 atom stereocenters. The van der Waals surface area contributed by atoms with E-state index in [0.717, 1.165) is 12.1 Å². The van der Waals surface area contributed by atoms with Crippen molar-refractivity contribution in [3.05, 3.63) is 18.0 Å². The van der Waals surface area contributed by atoms with Crippen molar-refractivity contribution in [1.82, 2.24) is 20.4 Å². The van der Waals surface area contributed by atoms with Gasteiger partial charge in [0, 0.05) is 37.9 Å². The third-order valence-electron chi connectivity index (χ3n) is 3.00. The summed E-state index contributed by atoms with van der Waals surface area (Å²) in [6, 6.07) is 0.178. The highest BCUT2D eigenvalue weighted by molar-refractivity contribution is 5.67. The molecule has 0 aromatic carbocycles. The number of carbonyl (C=O) groups is 1. The van der Waals surface area contributed by atoms with Gasteiger partial charge in [0.05, 0.1) is 6.20 Å². The van der Waals surface area contributed by atoms with Crippen LogP contribution in [0.15, 0.2) is 12.4 Å². The molecule has 0 radical (unpaired) electrons. The largest absolute Gasteiger partial charge is 0.444 e. The van der Waals surface area contributed by atoms with E-state index in [-0.39, 0.29) is 12.1 Å². The second-order valence-electron chi connectivity index (χ2n) is 6.64. The predicted molar refractivity (Wildman–Crippen MR) is 82.9 cm³/mol. The first-order valence-corrected chi connectivity index (χ1v) is 7.35. The normalized spacial score (nSPS) is 13.3. The smallest absolute Gasteiger partial charge is 0.407 e. The Labute approximate surface area is 127 Å². The number of amides is 1. The van der Waals surface area contributed by atoms with Gasteiger partial charge in [-0.15, -0.1) is 0 Å². The second-order valence-corrected chi connectivity index (χ2v) is 6.64. The van der Waals surface area contributed by atoms with Crippen molar-refractivity contribution in [3.8, 4) is 0 Å². The number of alkyl carbamates (subject to hydrolysis) is 1. The number of nitrogens with one attached hydrogen (secondary N) is 2. The van der Waals surface area contributed by atoms with Crippen LogP contribution in [0.3, 0.4) is 0 Å². The van der Waals surface area contributed by atoms with Crippen LogP contribution < -0.4 is 10.6 Å². The second kappa shape index (κ2) is 7.45. The Morgan fingerprint density at radius 1 is 1.43 bits per heavy atom. The molecule has 0 fully saturated rings. The van der Waals surface area contributed by atoms with Gasteiger partial charge in [0.1, 0.15) is 5.60 Å². The molecule has 6 nitrogen and oxygen atoms in total. The maximum absolute atomic E-state index is 11.7. The standard InChI is InChI=1S/C15H28N4O2/c1-11(2)13(9-17-14(20)21-15(3,4)5)16-7-12-8-18-19(6)10-12/h8,10-11,13,16H,7,9H2,1-6H3,(H,17,20). The average Bonchev–Trinajstić information content (AvgIpc) is 2.72. The van der Waals surface area contributed by atoms with Crippen LogP contribution in [0.4, 0.5) is 4.79 Å². The van der Waals surface area contributed by atoms with E-state index in [1.807, 2.05) is 40.2 Å². The van der Waals surface area contributed by atoms with Gasteiger partial charge in [-0.2, -0.15) is 5.10 Å². The number of ether oxygens (including phenoxy) is 1. The Hall–Kier alpha value is -1.56. The number of hydrogen-bond acceptors (Lipinski definition) is 4. The van der Waals surface area contributed by atoms with Crippen LogP contribution >= 0.6 is 0 Å². The van der Waals surface area contributed by atoms with Crippen molar-refractivity contribution in [1.29, 1.82) is 0 Å². The van der Waals surface area contributed by atoms with Crippen molar-refractivity contribution in [2.24, 2.45) is 13.0 Å². The van der Waals surface area contributed by atoms with E-state index >= 15 is 0 Å². The third kappa shape index (κ3) is 7.13. The van der Waals surface area contributed by atoms with Crippen LogP contribution in [0, 0.1) is 5.92 Å². The fraction of sp³-hybridized carbons (Fsp3) is 0.733. The Kier molecular flexibility index (Phi) is 6.20. The lowest BCUT2D eigenvalue weighted by Crippen LogP contribution is -2.45. The molecule has 0 aliphatic rings. The molecule has 2 N–H and O–H groups in total. The SMILES string of the molecule is CC(C)C(CNC(=O)OC(C)(C)C)NCc1cnn(C)c1. The average molecular weight is 296 g/mol. The molecule has 1 aromatic heterocycles. The van der Waals surface area contributed by atoms with Crippen LogP contribution in [0.2, 0.25) is 0 Å². The van der Waals surface area contributed by atoms with Gasteiger partial charge in [0.15, 0.2) is 0 Å². The number of hydrogen-bond donors (Lipinski definition) is 2. The molecule has 1 unspecified atom stereocenters. The molecule has 0 spiro atoms. The highest BCUT2D eigenvalue weighted by Crippen LogP contribution is 2.07. The maximum atomic E-state index is 11.7. The molecular formula is C15H28N4O2. The number of aromatic nitrogens is 2. The van der Waals surface area contributed by atoms with E-state index in [2.05, 4.69) is 29.6 Å². The number of rotatable bonds is 6. The van der Waals surface area contributed by atoms with Crippen molar-refractivity contribution in [3.63, 3.8) is 0 Å². The summed E-state index contributed by atoms with van der Waals surface area (Å²) in [6.07, 6.45) is 3.44. The highest BCUT2D eigenvalue weighted by atomic mass is 16.6. The summed E-state index contributed by atoms with van der Waals surface area (Å²) in [6.45, 7) is 11.1. The molecule has 0 bridgehead atoms. The topological polar surface area (TPSA) is 68.2 Å². The minimum absolute atomic E-state index is 0.178. The first-order chi connectivity index (χ1) is 9.67. The monoisotopic (exact) mass is 296 g/mol. The molecule has 1 heterocycles. The third-order valence-corrected chi connectivity index (χ3v) is 3.00. The summed E-state index contributed by atoms with van der Waals surface area (Å²) in [5.74, 6) is 0.400. The van der Waals surface area contributed by atoms with Crippen molar-refractivity contribution in [2.75, 3.05) is 6.54 Å². The van der Waals surface area contributed by atoms with Crippen molar-refractivity contribution in [2.45, 2.75) is 52.8 Å². The molecule has 6 heteroatoms. The van der Waals surface area contributed by atoms with Gasteiger partial charge in [0.2, 0.25) is 0 Å². The van der Waals surface area contributed by atoms with Crippen LogP contribution in [-0.2, 0) is 18.3 Å². The Bertz CT molecular complexity index is 449. The summed E-state index contributed by atoms with van der Waals surface area (Å²) < 4.78 is 7.02. The molecule has 0 aliphatic heterocycles. The summed E-state index contributed by atoms with van der Waals surface area (Å²) >= 11 is 0. The number of nitrogens with zero attached hydrogens (tertiary/aromatic N) is 2. The van der Waals surface area contributed by atoms with Gasteiger partial charge in [-0.3, -0.25) is 4.68 Å². The molecule has 1 rings (SSSR count). The summed E-state index contributed by atoms with van der Waals surface area (Å²) in [5, 5.41) is 10.4. The van der Waals surface area contributed by atoms with Crippen LogP contribution in [0.25, 0.3) is 0 Å². The molecule has 1 aromatic rings. The van der Waals surface area contributed by atoms with Crippen molar-refractivity contribution >= 4 is 6.09 Å². The van der Waals surface area contributed by atoms with Crippen molar-refractivity contribution < 1.29 is 9.53 Å². The van der Waals surface area contributed by atoms with Gasteiger partial charge in [-0.05, 0) is 26.7 Å². The zero-order valence-corrected chi connectivity index (χ0v) is 13.9. The minimum Gasteiger partial charge on any atom is -0.444 e. The van der Waals surface area contributed by atoms with E-state index < -0.39 is 5.60 Å². The van der Waals surface area contributed by atoms with Crippen LogP contribution in [0.5, 0.6) is 0 Å². The fourth-order valence-corrected chi connectivity index (χ4v) is 1.86. The van der Waals surface area contributed by atoms with Gasteiger partial charge >= 0.3 is 6.09 Å². The van der Waals surface area contributed by atoms with Gasteiger partial charge in [-0.25, -0.2) is 4.79 Å². The quantitative estimate of drug-likeness (QED) is 0.843. The molecule has 0 saturated heterocycles. The predicted octanol–water partition coefficient (Wildman–Crippen LogP) is 2.06. The highest BCUT2D eigenvalue weighted by Gasteiger charge is 2.18. The zero-order chi connectivity index (χ0) is 16.0. The van der Waals surface area contributed by atoms with E-state index in [1.54, 1.807) is 4.68 Å². The number of aryl methyl sites for hydroxylation is 1. The Balaban J connectivity index is 2.41. The van der Waals surface area contributed by atoms with Gasteiger partial charge in [0.25, 0.3) is 0 Å². The molecule has 1 amide bonds. The van der Waals surface area contributed by atoms with E-state index in [4.69, 9.17) is 4.74 Å². The van der Waals surface area contributed by atoms with E-state index in [1.165, 1.54) is 0 Å². The van der Waals surface area contributed by atoms with Gasteiger partial charge in [-0.1, -0.05) is 13.8 Å². The summed E-state index contributed by atoms with van der Waals surface area (Å²) in [4.78, 5) is 11.7. The zero-order valence-electron chi connectivity index (χ0n) is 13.9. The minimum atomic E-state index is -0.472. The van der Waals surface area contributed by atoms with Crippen LogP contribution in [0.1, 0.15) is 40.2 Å². The molecule has 21 heavy (non-hydrogen) atoms. The lowest BCUT2D eigenvalue weighted by molar-refractivity contribution is 0.0519. The molecule has 0 saturated carbocycles. The fourth-order valence-electron chi connectivity index (χ4n) is 1.86. The molecule has 120 valence electrons. The molecule has 0 aliphatic carbocycles. The van der Waals surface area contributed by atoms with Crippen LogP contribution in [-0.4, -0.2) is 34.1 Å².